The van der Waals surface area contributed by atoms with Crippen LogP contribution < -0.4 is 5.73 Å². The van der Waals surface area contributed by atoms with Crippen molar-refractivity contribution in [2.24, 2.45) is 5.73 Å². The number of rotatable bonds is 4. The third-order valence-corrected chi connectivity index (χ3v) is 5.95. The van der Waals surface area contributed by atoms with Crippen molar-refractivity contribution in [1.29, 1.82) is 5.26 Å². The summed E-state index contributed by atoms with van der Waals surface area (Å²) in [6, 6.07) is 24.2. The number of Topliss-reactive ketones (excluding diaryl/α,β-unsaturated/α-hetero) is 1. The van der Waals surface area contributed by atoms with Gasteiger partial charge in [-0.1, -0.05) is 54.6 Å². The molecule has 2 atom stereocenters. The molecule has 0 fully saturated rings. The molecule has 0 unspecified atom stereocenters. The molecule has 0 saturated carbocycles. The number of ketones is 1. The van der Waals surface area contributed by atoms with Gasteiger partial charge in [0.2, 0.25) is 0 Å². The van der Waals surface area contributed by atoms with Crippen LogP contribution in [0.15, 0.2) is 84.4 Å². The molecule has 1 aliphatic rings. The van der Waals surface area contributed by atoms with Crippen LogP contribution in [0.5, 0.6) is 0 Å². The van der Waals surface area contributed by atoms with Gasteiger partial charge in [-0.25, -0.2) is 4.98 Å². The Bertz CT molecular complexity index is 1480. The van der Waals surface area contributed by atoms with Gasteiger partial charge in [-0.05, 0) is 17.7 Å². The SMILES string of the molecule is N#CC1=C(N)n2c(nc3ccccc32)[C@@H](C(=O)c2ccccc2)[C@@H]1c1ccc([N+](=O)[O-])cc1. The van der Waals surface area contributed by atoms with E-state index >= 15 is 0 Å². The maximum Gasteiger partial charge on any atom is 0.269 e. The standard InChI is InChI=1S/C25H17N5O3/c26-14-18-21(15-10-12-17(13-11-15)30(32)33)22(23(31)16-6-2-1-3-7-16)25-28-19-8-4-5-9-20(19)29(25)24(18)27/h1-13,21-22H,27H2/t21-,22-/m1/s1. The third-order valence-electron chi connectivity index (χ3n) is 5.95. The summed E-state index contributed by atoms with van der Waals surface area (Å²) in [5.74, 6) is -1.17. The van der Waals surface area contributed by atoms with Crippen molar-refractivity contribution in [2.75, 3.05) is 0 Å². The number of nitro benzene ring substituents is 1. The highest BCUT2D eigenvalue weighted by Gasteiger charge is 2.43. The Balaban J connectivity index is 1.79. The molecule has 8 nitrogen and oxygen atoms in total. The molecule has 0 saturated heterocycles. The first-order valence-corrected chi connectivity index (χ1v) is 10.2. The zero-order valence-electron chi connectivity index (χ0n) is 17.3. The van der Waals surface area contributed by atoms with Crippen molar-refractivity contribution < 1.29 is 9.72 Å². The lowest BCUT2D eigenvalue weighted by Crippen LogP contribution is -2.32. The second-order valence-electron chi connectivity index (χ2n) is 7.74. The van der Waals surface area contributed by atoms with Gasteiger partial charge in [-0.3, -0.25) is 19.5 Å². The highest BCUT2D eigenvalue weighted by Crippen LogP contribution is 2.46. The summed E-state index contributed by atoms with van der Waals surface area (Å²) in [4.78, 5) is 29.2. The van der Waals surface area contributed by atoms with Crippen LogP contribution in [0.1, 0.15) is 33.6 Å². The highest BCUT2D eigenvalue weighted by atomic mass is 16.6. The van der Waals surface area contributed by atoms with Gasteiger partial charge in [-0.15, -0.1) is 0 Å². The number of carbonyl (C=O) groups excluding carboxylic acids is 1. The summed E-state index contributed by atoms with van der Waals surface area (Å²) in [6.07, 6.45) is 0. The van der Waals surface area contributed by atoms with E-state index in [-0.39, 0.29) is 22.9 Å². The molecule has 0 aliphatic carbocycles. The minimum absolute atomic E-state index is 0.0804. The molecule has 4 aromatic rings. The van der Waals surface area contributed by atoms with Crippen molar-refractivity contribution in [3.63, 3.8) is 0 Å². The number of non-ortho nitro benzene ring substituents is 1. The van der Waals surface area contributed by atoms with Gasteiger partial charge in [0.05, 0.1) is 33.5 Å². The van der Waals surface area contributed by atoms with Gasteiger partial charge in [0.15, 0.2) is 5.78 Å². The summed E-state index contributed by atoms with van der Waals surface area (Å²) < 4.78 is 1.67. The Morgan fingerprint density at radius 1 is 1.03 bits per heavy atom. The number of nitrogens with two attached hydrogens (primary N) is 1. The molecule has 0 radical (unpaired) electrons. The van der Waals surface area contributed by atoms with Crippen LogP contribution in [0, 0.1) is 21.4 Å². The van der Waals surface area contributed by atoms with E-state index in [4.69, 9.17) is 10.7 Å². The first-order chi connectivity index (χ1) is 16.0. The Morgan fingerprint density at radius 3 is 2.36 bits per heavy atom. The number of nitro groups is 1. The molecule has 3 aromatic carbocycles. The minimum atomic E-state index is -0.844. The summed E-state index contributed by atoms with van der Waals surface area (Å²) in [5, 5.41) is 21.2. The van der Waals surface area contributed by atoms with Crippen LogP contribution in [-0.4, -0.2) is 20.3 Å². The summed E-state index contributed by atoms with van der Waals surface area (Å²) in [5.41, 5.74) is 9.02. The molecular weight excluding hydrogens is 418 g/mol. The second kappa shape index (κ2) is 7.73. The lowest BCUT2D eigenvalue weighted by Gasteiger charge is -2.32. The smallest absolute Gasteiger partial charge is 0.269 e. The normalized spacial score (nSPS) is 17.4. The number of fused-ring (bicyclic) bond motifs is 3. The zero-order valence-corrected chi connectivity index (χ0v) is 17.3. The van der Waals surface area contributed by atoms with E-state index in [2.05, 4.69) is 6.07 Å². The molecule has 160 valence electrons. The number of benzene rings is 3. The van der Waals surface area contributed by atoms with Crippen LogP contribution >= 0.6 is 0 Å². The average Bonchev–Trinajstić information content (AvgIpc) is 3.24. The lowest BCUT2D eigenvalue weighted by molar-refractivity contribution is -0.384. The molecule has 0 amide bonds. The van der Waals surface area contributed by atoms with Gasteiger partial charge in [0, 0.05) is 23.6 Å². The molecular formula is C25H17N5O3. The number of hydrogen-bond donors (Lipinski definition) is 1. The van der Waals surface area contributed by atoms with E-state index in [1.807, 2.05) is 30.3 Å². The van der Waals surface area contributed by atoms with E-state index in [0.29, 0.717) is 28.0 Å². The van der Waals surface area contributed by atoms with Crippen LogP contribution in [0.25, 0.3) is 16.9 Å². The molecule has 2 N–H and O–H groups in total. The monoisotopic (exact) mass is 435 g/mol. The fraction of sp³-hybridized carbons (Fsp3) is 0.0800. The Kier molecular flexibility index (Phi) is 4.72. The maximum atomic E-state index is 13.8. The number of aromatic nitrogens is 2. The van der Waals surface area contributed by atoms with Crippen molar-refractivity contribution in [1.82, 2.24) is 9.55 Å². The summed E-state index contributed by atoms with van der Waals surface area (Å²) in [6.45, 7) is 0. The minimum Gasteiger partial charge on any atom is -0.384 e. The van der Waals surface area contributed by atoms with E-state index in [9.17, 15) is 20.2 Å². The van der Waals surface area contributed by atoms with E-state index < -0.39 is 16.8 Å². The lowest BCUT2D eigenvalue weighted by atomic mass is 9.75. The molecule has 1 aromatic heterocycles. The predicted molar refractivity (Wildman–Crippen MR) is 122 cm³/mol. The molecule has 0 bridgehead atoms. The molecule has 0 spiro atoms. The number of imidazole rings is 1. The number of allylic oxidation sites excluding steroid dienone is 1. The fourth-order valence-electron chi connectivity index (χ4n) is 4.44. The second-order valence-corrected chi connectivity index (χ2v) is 7.74. The Morgan fingerprint density at radius 2 is 1.70 bits per heavy atom. The van der Waals surface area contributed by atoms with Crippen LogP contribution in [0.2, 0.25) is 0 Å². The molecule has 33 heavy (non-hydrogen) atoms. The van der Waals surface area contributed by atoms with E-state index in [1.54, 1.807) is 41.0 Å². The van der Waals surface area contributed by atoms with E-state index in [1.165, 1.54) is 12.1 Å². The summed E-state index contributed by atoms with van der Waals surface area (Å²) >= 11 is 0. The quantitative estimate of drug-likeness (QED) is 0.288. The van der Waals surface area contributed by atoms with Gasteiger partial charge >= 0.3 is 0 Å². The first-order valence-electron chi connectivity index (χ1n) is 10.2. The van der Waals surface area contributed by atoms with Crippen molar-refractivity contribution in [3.05, 3.63) is 112 Å². The predicted octanol–water partition coefficient (Wildman–Crippen LogP) is 4.36. The summed E-state index contributed by atoms with van der Waals surface area (Å²) in [7, 11) is 0. The molecule has 1 aliphatic heterocycles. The Labute approximate surface area is 188 Å². The number of para-hydroxylation sites is 2. The van der Waals surface area contributed by atoms with Crippen molar-refractivity contribution in [3.8, 4) is 6.07 Å². The molecule has 8 heteroatoms. The molecule has 5 rings (SSSR count). The van der Waals surface area contributed by atoms with Gasteiger partial charge in [-0.2, -0.15) is 5.26 Å². The topological polar surface area (TPSA) is 128 Å². The first kappa shape index (κ1) is 20.2. The van der Waals surface area contributed by atoms with Gasteiger partial charge in [0.25, 0.3) is 5.69 Å². The number of hydrogen-bond acceptors (Lipinski definition) is 6. The number of carbonyl (C=O) groups is 1. The van der Waals surface area contributed by atoms with E-state index in [0.717, 1.165) is 0 Å². The van der Waals surface area contributed by atoms with Crippen molar-refractivity contribution in [2.45, 2.75) is 11.8 Å². The van der Waals surface area contributed by atoms with Gasteiger partial charge in [0.1, 0.15) is 11.6 Å². The van der Waals surface area contributed by atoms with Crippen LogP contribution in [-0.2, 0) is 0 Å². The van der Waals surface area contributed by atoms with Crippen molar-refractivity contribution >= 4 is 28.3 Å². The third kappa shape index (κ3) is 3.15. The van der Waals surface area contributed by atoms with Crippen LogP contribution in [0.4, 0.5) is 5.69 Å². The van der Waals surface area contributed by atoms with Gasteiger partial charge < -0.3 is 5.73 Å². The maximum absolute atomic E-state index is 13.8. The Hall–Kier alpha value is -4.77. The zero-order chi connectivity index (χ0) is 23.1. The average molecular weight is 435 g/mol. The van der Waals surface area contributed by atoms with Crippen LogP contribution in [0.3, 0.4) is 0 Å². The fourth-order valence-corrected chi connectivity index (χ4v) is 4.44. The molecule has 2 heterocycles. The number of nitrogens with zero attached hydrogens (tertiary/aromatic N) is 4. The number of nitriles is 1. The largest absolute Gasteiger partial charge is 0.384 e. The highest BCUT2D eigenvalue weighted by molar-refractivity contribution is 6.03.